The zero-order valence-electron chi connectivity index (χ0n) is 15.9. The maximum absolute atomic E-state index is 13.7. The van der Waals surface area contributed by atoms with Crippen LogP contribution >= 0.6 is 11.6 Å². The highest BCUT2D eigenvalue weighted by atomic mass is 35.5. The van der Waals surface area contributed by atoms with Crippen molar-refractivity contribution in [3.8, 4) is 0 Å². The Morgan fingerprint density at radius 3 is 2.48 bits per heavy atom. The normalized spacial score (nSPS) is 12.8. The van der Waals surface area contributed by atoms with Gasteiger partial charge in [0.25, 0.3) is 5.91 Å². The Hall–Kier alpha value is -3.19. The minimum Gasteiger partial charge on any atom is -0.341 e. The first-order valence-corrected chi connectivity index (χ1v) is 9.32. The van der Waals surface area contributed by atoms with E-state index in [0.717, 1.165) is 0 Å². The van der Waals surface area contributed by atoms with E-state index in [0.29, 0.717) is 22.0 Å². The van der Waals surface area contributed by atoms with Crippen LogP contribution in [0.25, 0.3) is 0 Å². The number of nitrogens with one attached hydrogen (secondary N) is 2. The fourth-order valence-electron chi connectivity index (χ4n) is 2.85. The number of aromatic nitrogens is 2. The average molecular weight is 415 g/mol. The molecule has 0 bridgehead atoms. The Bertz CT molecular complexity index is 1020. The average Bonchev–Trinajstić information content (AvgIpc) is 3.11. The summed E-state index contributed by atoms with van der Waals surface area (Å²) in [6, 6.07) is 10.8. The first-order chi connectivity index (χ1) is 13.8. The third kappa shape index (κ3) is 5.00. The Morgan fingerprint density at radius 1 is 1.14 bits per heavy atom. The van der Waals surface area contributed by atoms with Crippen molar-refractivity contribution in [2.24, 2.45) is 7.05 Å². The molecule has 3 rings (SSSR count). The number of hydrogen-bond donors (Lipinski definition) is 2. The summed E-state index contributed by atoms with van der Waals surface area (Å²) < 4.78 is 15.5. The molecule has 0 aliphatic heterocycles. The van der Waals surface area contributed by atoms with Gasteiger partial charge in [-0.15, -0.1) is 0 Å². The van der Waals surface area contributed by atoms with Crippen molar-refractivity contribution in [1.29, 1.82) is 0 Å². The number of amides is 2. The van der Waals surface area contributed by atoms with Gasteiger partial charge in [-0.05, 0) is 48.9 Å². The molecular weight excluding hydrogens is 395 g/mol. The third-order valence-electron chi connectivity index (χ3n) is 4.43. The van der Waals surface area contributed by atoms with Gasteiger partial charge in [-0.25, -0.2) is 9.37 Å². The lowest BCUT2D eigenvalue weighted by atomic mass is 10.1. The first kappa shape index (κ1) is 20.5. The summed E-state index contributed by atoms with van der Waals surface area (Å²) in [5.74, 6) is -0.701. The number of imidazole rings is 1. The highest BCUT2D eigenvalue weighted by molar-refractivity contribution is 6.30. The predicted octanol–water partition coefficient (Wildman–Crippen LogP) is 3.24. The SMILES string of the molecule is CC(NC(=O)c1ccc(Cl)cc1)C(=O)NC(c1cccc(F)c1)c1nccn1C. The van der Waals surface area contributed by atoms with Crippen molar-refractivity contribution >= 4 is 23.4 Å². The molecule has 6 nitrogen and oxygen atoms in total. The largest absolute Gasteiger partial charge is 0.341 e. The molecule has 0 saturated carbocycles. The molecule has 1 heterocycles. The highest BCUT2D eigenvalue weighted by Gasteiger charge is 2.25. The van der Waals surface area contributed by atoms with Gasteiger partial charge in [-0.3, -0.25) is 9.59 Å². The number of hydrogen-bond acceptors (Lipinski definition) is 3. The van der Waals surface area contributed by atoms with Crippen LogP contribution in [-0.4, -0.2) is 27.4 Å². The van der Waals surface area contributed by atoms with Crippen LogP contribution in [0.1, 0.15) is 34.7 Å². The van der Waals surface area contributed by atoms with Crippen LogP contribution in [0, 0.1) is 5.82 Å². The van der Waals surface area contributed by atoms with Gasteiger partial charge in [0.15, 0.2) is 0 Å². The van der Waals surface area contributed by atoms with Crippen molar-refractivity contribution in [1.82, 2.24) is 20.2 Å². The van der Waals surface area contributed by atoms with E-state index in [1.807, 2.05) is 0 Å². The van der Waals surface area contributed by atoms with E-state index in [2.05, 4.69) is 15.6 Å². The van der Waals surface area contributed by atoms with Gasteiger partial charge < -0.3 is 15.2 Å². The molecule has 2 atom stereocenters. The number of carbonyl (C=O) groups is 2. The lowest BCUT2D eigenvalue weighted by Crippen LogP contribution is -2.46. The molecule has 0 aliphatic carbocycles. The lowest BCUT2D eigenvalue weighted by molar-refractivity contribution is -0.123. The highest BCUT2D eigenvalue weighted by Crippen LogP contribution is 2.21. The number of halogens is 2. The quantitative estimate of drug-likeness (QED) is 0.650. The van der Waals surface area contributed by atoms with Crippen LogP contribution in [-0.2, 0) is 11.8 Å². The second-order valence-corrected chi connectivity index (χ2v) is 7.03. The molecule has 1 aromatic heterocycles. The molecule has 0 saturated heterocycles. The topological polar surface area (TPSA) is 76.0 Å². The Kier molecular flexibility index (Phi) is 6.29. The number of aryl methyl sites for hydroxylation is 1. The molecule has 8 heteroatoms. The van der Waals surface area contributed by atoms with Gasteiger partial charge in [0.2, 0.25) is 5.91 Å². The van der Waals surface area contributed by atoms with Gasteiger partial charge >= 0.3 is 0 Å². The van der Waals surface area contributed by atoms with Crippen molar-refractivity contribution in [2.75, 3.05) is 0 Å². The molecule has 150 valence electrons. The van der Waals surface area contributed by atoms with Crippen LogP contribution in [0.3, 0.4) is 0 Å². The van der Waals surface area contributed by atoms with Crippen molar-refractivity contribution in [3.05, 3.63) is 88.7 Å². The van der Waals surface area contributed by atoms with Crippen LogP contribution in [0.4, 0.5) is 4.39 Å². The summed E-state index contributed by atoms with van der Waals surface area (Å²) in [5, 5.41) is 6.01. The maximum Gasteiger partial charge on any atom is 0.251 e. The molecule has 29 heavy (non-hydrogen) atoms. The molecule has 0 aliphatic rings. The summed E-state index contributed by atoms with van der Waals surface area (Å²) in [5.41, 5.74) is 0.934. The zero-order valence-corrected chi connectivity index (χ0v) is 16.7. The van der Waals surface area contributed by atoms with Gasteiger partial charge in [-0.1, -0.05) is 23.7 Å². The van der Waals surface area contributed by atoms with E-state index in [4.69, 9.17) is 11.6 Å². The minimum absolute atomic E-state index is 0.389. The fraction of sp³-hybridized carbons (Fsp3) is 0.190. The number of rotatable bonds is 6. The number of carbonyl (C=O) groups excluding carboxylic acids is 2. The number of nitrogens with zero attached hydrogens (tertiary/aromatic N) is 2. The summed E-state index contributed by atoms with van der Waals surface area (Å²) in [4.78, 5) is 29.4. The summed E-state index contributed by atoms with van der Waals surface area (Å²) in [6.45, 7) is 1.57. The van der Waals surface area contributed by atoms with E-state index in [1.54, 1.807) is 67.3 Å². The minimum atomic E-state index is -0.825. The first-order valence-electron chi connectivity index (χ1n) is 8.94. The van der Waals surface area contributed by atoms with Gasteiger partial charge in [0.05, 0.1) is 0 Å². The molecule has 0 fully saturated rings. The van der Waals surface area contributed by atoms with Gasteiger partial charge in [0, 0.05) is 30.0 Å². The van der Waals surface area contributed by atoms with Gasteiger partial charge in [-0.2, -0.15) is 0 Å². The molecule has 2 N–H and O–H groups in total. The predicted molar refractivity (Wildman–Crippen MR) is 108 cm³/mol. The number of benzene rings is 2. The second kappa shape index (κ2) is 8.87. The lowest BCUT2D eigenvalue weighted by Gasteiger charge is -2.22. The van der Waals surface area contributed by atoms with Crippen molar-refractivity contribution in [3.63, 3.8) is 0 Å². The maximum atomic E-state index is 13.7. The Morgan fingerprint density at radius 2 is 1.86 bits per heavy atom. The van der Waals surface area contributed by atoms with Crippen LogP contribution < -0.4 is 10.6 Å². The van der Waals surface area contributed by atoms with Gasteiger partial charge in [0.1, 0.15) is 23.7 Å². The smallest absolute Gasteiger partial charge is 0.251 e. The van der Waals surface area contributed by atoms with Crippen molar-refractivity contribution in [2.45, 2.75) is 19.0 Å². The molecule has 3 aromatic rings. The van der Waals surface area contributed by atoms with E-state index in [1.165, 1.54) is 12.1 Å². The molecule has 2 aromatic carbocycles. The van der Waals surface area contributed by atoms with E-state index < -0.39 is 29.7 Å². The van der Waals surface area contributed by atoms with Crippen LogP contribution in [0.15, 0.2) is 60.9 Å². The second-order valence-electron chi connectivity index (χ2n) is 6.59. The van der Waals surface area contributed by atoms with E-state index in [9.17, 15) is 14.0 Å². The fourth-order valence-corrected chi connectivity index (χ4v) is 2.98. The third-order valence-corrected chi connectivity index (χ3v) is 4.68. The summed E-state index contributed by atoms with van der Waals surface area (Å²) in [6.07, 6.45) is 3.33. The monoisotopic (exact) mass is 414 g/mol. The van der Waals surface area contributed by atoms with E-state index in [-0.39, 0.29) is 0 Å². The molecule has 2 unspecified atom stereocenters. The Labute approximate surface area is 172 Å². The van der Waals surface area contributed by atoms with Crippen LogP contribution in [0.2, 0.25) is 5.02 Å². The molecule has 2 amide bonds. The summed E-state index contributed by atoms with van der Waals surface area (Å²) in [7, 11) is 1.78. The van der Waals surface area contributed by atoms with E-state index >= 15 is 0 Å². The summed E-state index contributed by atoms with van der Waals surface area (Å²) >= 11 is 5.83. The molecule has 0 spiro atoms. The zero-order chi connectivity index (χ0) is 21.0. The Balaban J connectivity index is 1.76. The van der Waals surface area contributed by atoms with Crippen LogP contribution in [0.5, 0.6) is 0 Å². The van der Waals surface area contributed by atoms with Crippen molar-refractivity contribution < 1.29 is 14.0 Å². The standard InChI is InChI=1S/C21H20ClFN4O2/c1-13(25-21(29)14-6-8-16(22)9-7-14)20(28)26-18(19-24-10-11-27(19)2)15-4-3-5-17(23)12-15/h3-13,18H,1-2H3,(H,25,29)(H,26,28). The molecular formula is C21H20ClFN4O2. The molecule has 0 radical (unpaired) electrons.